The Labute approximate surface area is 262 Å². The molecule has 0 aliphatic rings. The van der Waals surface area contributed by atoms with Crippen LogP contribution in [0.15, 0.2) is 100 Å². The van der Waals surface area contributed by atoms with Crippen LogP contribution in [0.4, 0.5) is 11.5 Å². The zero-order chi connectivity index (χ0) is 33.2. The number of nitrogens with one attached hydrogen (secondary N) is 1. The van der Waals surface area contributed by atoms with Crippen LogP contribution < -0.4 is 10.5 Å². The summed E-state index contributed by atoms with van der Waals surface area (Å²) in [5.74, 6) is -2.68. The molecule has 0 amide bonds. The van der Waals surface area contributed by atoms with Crippen molar-refractivity contribution in [3.05, 3.63) is 119 Å². The summed E-state index contributed by atoms with van der Waals surface area (Å²) in [6.07, 6.45) is -0.0407. The Hall–Kier alpha value is -6.08. The van der Waals surface area contributed by atoms with E-state index >= 15 is 0 Å². The SMILES string of the molecule is Cc1cc(NS(=O)(=O)c2ccc(N)cc2)no1.O=C(O)c1cc2ccccc2c(Cc2c(O)c(C(=O)O)cc3ccccc23)c1O. The summed E-state index contributed by atoms with van der Waals surface area (Å²) in [5.41, 5.74) is 6.10. The first-order chi connectivity index (χ1) is 21.9. The van der Waals surface area contributed by atoms with Crippen molar-refractivity contribution in [3.63, 3.8) is 0 Å². The average molecular weight is 642 g/mol. The molecule has 13 heteroatoms. The van der Waals surface area contributed by atoms with Gasteiger partial charge in [0.15, 0.2) is 5.82 Å². The number of benzene rings is 5. The van der Waals surface area contributed by atoms with E-state index in [4.69, 9.17) is 10.3 Å². The van der Waals surface area contributed by atoms with Gasteiger partial charge in [0.2, 0.25) is 0 Å². The molecule has 1 heterocycles. The van der Waals surface area contributed by atoms with Crippen molar-refractivity contribution >= 4 is 55.0 Å². The Morgan fingerprint density at radius 3 is 1.70 bits per heavy atom. The van der Waals surface area contributed by atoms with E-state index in [9.17, 15) is 38.4 Å². The molecule has 0 saturated heterocycles. The fraction of sp³-hybridized carbons (Fsp3) is 0.0606. The second-order valence-corrected chi connectivity index (χ2v) is 11.9. The lowest BCUT2D eigenvalue weighted by Crippen LogP contribution is -2.13. The van der Waals surface area contributed by atoms with Crippen LogP contribution in [-0.2, 0) is 16.4 Å². The number of nitrogen functional groups attached to an aromatic ring is 1. The Kier molecular flexibility index (Phi) is 8.52. The Morgan fingerprint density at radius 1 is 0.783 bits per heavy atom. The summed E-state index contributed by atoms with van der Waals surface area (Å²) in [5, 5.41) is 46.4. The summed E-state index contributed by atoms with van der Waals surface area (Å²) in [6, 6.07) is 24.1. The monoisotopic (exact) mass is 641 g/mol. The van der Waals surface area contributed by atoms with Gasteiger partial charge in [-0.05, 0) is 64.9 Å². The maximum absolute atomic E-state index is 11.9. The smallest absolute Gasteiger partial charge is 0.339 e. The lowest BCUT2D eigenvalue weighted by Gasteiger charge is -2.16. The number of carboxylic acid groups (broad SMARTS) is 2. The standard InChI is InChI=1S/C23H16O6.C10H11N3O3S/c24-20-16(14-7-3-1-5-12(14)9-18(20)22(26)27)11-17-15-8-4-2-6-13(15)10-19(21(17)25)23(28)29;1-7-6-10(12-16-7)13-17(14,15)9-4-2-8(11)3-5-9/h1-10,24-25H,11H2,(H,26,27)(H,28,29);2-6H,11H2,1H3,(H,12,13). The number of aromatic nitrogens is 1. The summed E-state index contributed by atoms with van der Waals surface area (Å²) >= 11 is 0. The largest absolute Gasteiger partial charge is 0.507 e. The Balaban J connectivity index is 0.000000209. The predicted molar refractivity (Wildman–Crippen MR) is 171 cm³/mol. The number of rotatable bonds is 7. The van der Waals surface area contributed by atoms with E-state index in [1.165, 1.54) is 42.5 Å². The van der Waals surface area contributed by atoms with Gasteiger partial charge in [-0.15, -0.1) is 0 Å². The van der Waals surface area contributed by atoms with Crippen molar-refractivity contribution in [2.24, 2.45) is 0 Å². The number of hydrogen-bond acceptors (Lipinski definition) is 9. The molecule has 234 valence electrons. The van der Waals surface area contributed by atoms with Crippen LogP contribution in [0.25, 0.3) is 21.5 Å². The zero-order valence-electron chi connectivity index (χ0n) is 24.1. The first kappa shape index (κ1) is 31.3. The van der Waals surface area contributed by atoms with Crippen molar-refractivity contribution < 1.29 is 43.0 Å². The minimum atomic E-state index is -3.64. The molecule has 0 aliphatic carbocycles. The maximum Gasteiger partial charge on any atom is 0.339 e. The number of anilines is 2. The number of aryl methyl sites for hydroxylation is 1. The highest BCUT2D eigenvalue weighted by atomic mass is 32.2. The molecule has 0 aliphatic heterocycles. The predicted octanol–water partition coefficient (Wildman–Crippen LogP) is 5.76. The minimum absolute atomic E-state index is 0.0407. The van der Waals surface area contributed by atoms with Crippen LogP contribution in [0.3, 0.4) is 0 Å². The summed E-state index contributed by atoms with van der Waals surface area (Å²) < 4.78 is 30.8. The summed E-state index contributed by atoms with van der Waals surface area (Å²) in [6.45, 7) is 1.67. The minimum Gasteiger partial charge on any atom is -0.507 e. The highest BCUT2D eigenvalue weighted by Crippen LogP contribution is 2.38. The number of carbonyl (C=O) groups is 2. The van der Waals surface area contributed by atoms with Crippen LogP contribution in [-0.4, -0.2) is 45.9 Å². The Morgan fingerprint density at radius 2 is 1.26 bits per heavy atom. The molecule has 46 heavy (non-hydrogen) atoms. The average Bonchev–Trinajstić information content (AvgIpc) is 3.42. The third-order valence-electron chi connectivity index (χ3n) is 7.13. The number of aromatic carboxylic acids is 2. The molecule has 0 fully saturated rings. The molecule has 0 saturated carbocycles. The van der Waals surface area contributed by atoms with Gasteiger partial charge in [0.1, 0.15) is 28.4 Å². The van der Waals surface area contributed by atoms with E-state index in [0.717, 1.165) is 0 Å². The van der Waals surface area contributed by atoms with Gasteiger partial charge in [0.25, 0.3) is 10.0 Å². The molecule has 0 bridgehead atoms. The number of fused-ring (bicyclic) bond motifs is 2. The first-order valence-electron chi connectivity index (χ1n) is 13.6. The first-order valence-corrected chi connectivity index (χ1v) is 15.1. The molecule has 1 aromatic heterocycles. The van der Waals surface area contributed by atoms with Crippen molar-refractivity contribution in [2.45, 2.75) is 18.2 Å². The van der Waals surface area contributed by atoms with Gasteiger partial charge in [-0.25, -0.2) is 18.0 Å². The number of nitrogens with two attached hydrogens (primary N) is 1. The fourth-order valence-corrected chi connectivity index (χ4v) is 5.93. The van der Waals surface area contributed by atoms with Gasteiger partial charge in [0, 0.05) is 29.3 Å². The topological polar surface area (TPSA) is 213 Å². The molecule has 12 nitrogen and oxygen atoms in total. The molecular weight excluding hydrogens is 614 g/mol. The number of phenols is 2. The number of sulfonamides is 1. The number of nitrogens with zero attached hydrogens (tertiary/aromatic N) is 1. The van der Waals surface area contributed by atoms with Crippen LogP contribution in [0.5, 0.6) is 11.5 Å². The van der Waals surface area contributed by atoms with Crippen LogP contribution in [0, 0.1) is 6.92 Å². The maximum atomic E-state index is 11.9. The van der Waals surface area contributed by atoms with Gasteiger partial charge in [-0.2, -0.15) is 0 Å². The number of carboxylic acids is 2. The summed E-state index contributed by atoms with van der Waals surface area (Å²) in [4.78, 5) is 23.3. The van der Waals surface area contributed by atoms with Gasteiger partial charge >= 0.3 is 11.9 Å². The van der Waals surface area contributed by atoms with Gasteiger partial charge in [-0.1, -0.05) is 53.7 Å². The van der Waals surface area contributed by atoms with E-state index in [1.54, 1.807) is 55.5 Å². The lowest BCUT2D eigenvalue weighted by atomic mass is 9.90. The van der Waals surface area contributed by atoms with E-state index in [2.05, 4.69) is 9.88 Å². The highest BCUT2D eigenvalue weighted by Gasteiger charge is 2.22. The van der Waals surface area contributed by atoms with E-state index in [-0.39, 0.29) is 28.3 Å². The second-order valence-electron chi connectivity index (χ2n) is 10.2. The van der Waals surface area contributed by atoms with Crippen LogP contribution in [0.1, 0.15) is 37.6 Å². The summed E-state index contributed by atoms with van der Waals surface area (Å²) in [7, 11) is -3.64. The van der Waals surface area contributed by atoms with Gasteiger partial charge in [-0.3, -0.25) is 4.72 Å². The molecule has 0 spiro atoms. The van der Waals surface area contributed by atoms with E-state index in [1.807, 2.05) is 0 Å². The van der Waals surface area contributed by atoms with Crippen LogP contribution >= 0.6 is 0 Å². The molecule has 6 aromatic rings. The Bertz CT molecular complexity index is 2130. The van der Waals surface area contributed by atoms with E-state index in [0.29, 0.717) is 44.1 Å². The van der Waals surface area contributed by atoms with Gasteiger partial charge < -0.3 is 30.7 Å². The highest BCUT2D eigenvalue weighted by molar-refractivity contribution is 7.92. The quantitative estimate of drug-likeness (QED) is 0.115. The van der Waals surface area contributed by atoms with Crippen molar-refractivity contribution in [1.82, 2.24) is 5.16 Å². The molecule has 0 atom stereocenters. The molecule has 5 aromatic carbocycles. The second kappa shape index (κ2) is 12.5. The molecular formula is C33H27N3O9S. The zero-order valence-corrected chi connectivity index (χ0v) is 24.9. The fourth-order valence-electron chi connectivity index (χ4n) is 4.94. The number of hydrogen-bond donors (Lipinski definition) is 6. The van der Waals surface area contributed by atoms with Crippen LogP contribution in [0.2, 0.25) is 0 Å². The number of aromatic hydroxyl groups is 2. The third-order valence-corrected chi connectivity index (χ3v) is 8.50. The molecule has 6 rings (SSSR count). The van der Waals surface area contributed by atoms with Crippen molar-refractivity contribution in [1.29, 1.82) is 0 Å². The van der Waals surface area contributed by atoms with Crippen molar-refractivity contribution in [3.8, 4) is 11.5 Å². The molecule has 0 unspecified atom stereocenters. The third kappa shape index (κ3) is 6.39. The van der Waals surface area contributed by atoms with Crippen molar-refractivity contribution in [2.75, 3.05) is 10.5 Å². The lowest BCUT2D eigenvalue weighted by molar-refractivity contribution is 0.0682. The molecule has 7 N–H and O–H groups in total. The normalized spacial score (nSPS) is 11.2. The van der Waals surface area contributed by atoms with Gasteiger partial charge in [0.05, 0.1) is 4.90 Å². The molecule has 0 radical (unpaired) electrons. The van der Waals surface area contributed by atoms with E-state index < -0.39 is 33.5 Å².